The van der Waals surface area contributed by atoms with Gasteiger partial charge in [-0.3, -0.25) is 9.69 Å². The van der Waals surface area contributed by atoms with Crippen LogP contribution in [0.3, 0.4) is 0 Å². The van der Waals surface area contributed by atoms with Crippen molar-refractivity contribution in [1.82, 2.24) is 10.2 Å². The van der Waals surface area contributed by atoms with Crippen molar-refractivity contribution in [1.29, 1.82) is 0 Å². The van der Waals surface area contributed by atoms with E-state index in [1.165, 1.54) is 11.1 Å². The smallest absolute Gasteiger partial charge is 0.234 e. The van der Waals surface area contributed by atoms with Crippen LogP contribution in [0.25, 0.3) is 6.08 Å². The number of fused-ring (bicyclic) bond motifs is 1. The van der Waals surface area contributed by atoms with E-state index in [4.69, 9.17) is 5.73 Å². The van der Waals surface area contributed by atoms with Crippen molar-refractivity contribution in [2.24, 2.45) is 11.7 Å². The second-order valence-corrected chi connectivity index (χ2v) is 5.99. The summed E-state index contributed by atoms with van der Waals surface area (Å²) in [5.74, 6) is 0.738. The van der Waals surface area contributed by atoms with Gasteiger partial charge in [-0.15, -0.1) is 0 Å². The number of carbonyl (C=O) groups excluding carboxylic acids is 1. The first kappa shape index (κ1) is 14.3. The number of nitrogens with zero attached hydrogens (tertiary/aromatic N) is 1. The van der Waals surface area contributed by atoms with Crippen molar-refractivity contribution < 1.29 is 4.79 Å². The minimum atomic E-state index is 0.0234. The number of nitrogens with one attached hydrogen (secondary N) is 1. The lowest BCUT2D eigenvalue weighted by Gasteiger charge is -2.31. The lowest BCUT2D eigenvalue weighted by atomic mass is 9.97. The summed E-state index contributed by atoms with van der Waals surface area (Å²) in [6.07, 6.45) is 6.35. The van der Waals surface area contributed by atoms with Crippen LogP contribution in [0.4, 0.5) is 0 Å². The number of nitrogens with two attached hydrogens (primary N) is 1. The standard InChI is InChI=1S/C17H23N3O/c18-11-13-7-9-20(10-8-13)12-17(21)19-16-6-5-14-3-1-2-4-15(14)16/h1-6,13,16H,7-12,18H2,(H,19,21). The number of carbonyl (C=O) groups is 1. The molecule has 0 radical (unpaired) electrons. The molecule has 112 valence electrons. The highest BCUT2D eigenvalue weighted by molar-refractivity contribution is 5.80. The summed E-state index contributed by atoms with van der Waals surface area (Å²) in [5, 5.41) is 3.12. The fourth-order valence-corrected chi connectivity index (χ4v) is 3.18. The number of hydrogen-bond donors (Lipinski definition) is 2. The van der Waals surface area contributed by atoms with E-state index < -0.39 is 0 Å². The van der Waals surface area contributed by atoms with Gasteiger partial charge in [0.05, 0.1) is 12.6 Å². The van der Waals surface area contributed by atoms with Crippen LogP contribution in [0, 0.1) is 5.92 Å². The molecule has 0 saturated carbocycles. The Morgan fingerprint density at radius 3 is 2.81 bits per heavy atom. The van der Waals surface area contributed by atoms with Gasteiger partial charge in [0, 0.05) is 0 Å². The molecule has 2 aliphatic rings. The first-order valence-corrected chi connectivity index (χ1v) is 7.75. The molecule has 3 N–H and O–H groups in total. The molecule has 4 heteroatoms. The monoisotopic (exact) mass is 285 g/mol. The minimum Gasteiger partial charge on any atom is -0.345 e. The number of piperidine rings is 1. The van der Waals surface area contributed by atoms with Crippen molar-refractivity contribution in [3.8, 4) is 0 Å². The van der Waals surface area contributed by atoms with Crippen molar-refractivity contribution in [3.05, 3.63) is 41.5 Å². The van der Waals surface area contributed by atoms with Gasteiger partial charge in [-0.25, -0.2) is 0 Å². The number of benzene rings is 1. The SMILES string of the molecule is NCC1CCN(CC(=O)NC2C=Cc3ccccc32)CC1. The maximum atomic E-state index is 12.2. The molecule has 1 aliphatic heterocycles. The Hall–Kier alpha value is -1.65. The van der Waals surface area contributed by atoms with Crippen molar-refractivity contribution in [3.63, 3.8) is 0 Å². The van der Waals surface area contributed by atoms with Crippen LogP contribution in [0.2, 0.25) is 0 Å². The van der Waals surface area contributed by atoms with Crippen molar-refractivity contribution in [2.45, 2.75) is 18.9 Å². The van der Waals surface area contributed by atoms with Crippen LogP contribution in [0.1, 0.15) is 30.0 Å². The summed E-state index contributed by atoms with van der Waals surface area (Å²) in [6, 6.07) is 8.22. The van der Waals surface area contributed by atoms with E-state index in [1.807, 2.05) is 12.1 Å². The van der Waals surface area contributed by atoms with Crippen LogP contribution in [-0.4, -0.2) is 37.0 Å². The molecule has 21 heavy (non-hydrogen) atoms. The summed E-state index contributed by atoms with van der Waals surface area (Å²) in [4.78, 5) is 14.4. The van der Waals surface area contributed by atoms with E-state index in [0.29, 0.717) is 12.5 Å². The van der Waals surface area contributed by atoms with E-state index >= 15 is 0 Å². The molecule has 0 bridgehead atoms. The summed E-state index contributed by atoms with van der Waals surface area (Å²) in [6.45, 7) is 3.21. The van der Waals surface area contributed by atoms with Gasteiger partial charge in [0.15, 0.2) is 0 Å². The predicted octanol–water partition coefficient (Wildman–Crippen LogP) is 1.54. The summed E-state index contributed by atoms with van der Waals surface area (Å²) in [5.41, 5.74) is 8.09. The van der Waals surface area contributed by atoms with E-state index in [1.54, 1.807) is 0 Å². The highest BCUT2D eigenvalue weighted by Gasteiger charge is 2.22. The molecular formula is C17H23N3O. The van der Waals surface area contributed by atoms with Crippen molar-refractivity contribution >= 4 is 12.0 Å². The fourth-order valence-electron chi connectivity index (χ4n) is 3.18. The van der Waals surface area contributed by atoms with Crippen LogP contribution < -0.4 is 11.1 Å². The molecule has 0 spiro atoms. The number of rotatable bonds is 4. The topological polar surface area (TPSA) is 58.4 Å². The quantitative estimate of drug-likeness (QED) is 0.882. The fraction of sp³-hybridized carbons (Fsp3) is 0.471. The summed E-state index contributed by atoms with van der Waals surface area (Å²) >= 11 is 0. The van der Waals surface area contributed by atoms with Gasteiger partial charge in [-0.1, -0.05) is 36.4 Å². The predicted molar refractivity (Wildman–Crippen MR) is 84.6 cm³/mol. The Morgan fingerprint density at radius 2 is 2.05 bits per heavy atom. The molecule has 1 heterocycles. The third-order valence-corrected chi connectivity index (χ3v) is 4.52. The van der Waals surface area contributed by atoms with E-state index in [9.17, 15) is 4.79 Å². The van der Waals surface area contributed by atoms with E-state index in [2.05, 4.69) is 34.5 Å². The molecule has 1 unspecified atom stereocenters. The molecule has 1 saturated heterocycles. The average Bonchev–Trinajstić information content (AvgIpc) is 2.91. The van der Waals surface area contributed by atoms with Gasteiger partial charge in [-0.05, 0) is 49.5 Å². The molecule has 1 aromatic carbocycles. The zero-order valence-corrected chi connectivity index (χ0v) is 12.3. The third kappa shape index (κ3) is 3.34. The lowest BCUT2D eigenvalue weighted by molar-refractivity contribution is -0.123. The van der Waals surface area contributed by atoms with Crippen LogP contribution >= 0.6 is 0 Å². The van der Waals surface area contributed by atoms with Gasteiger partial charge >= 0.3 is 0 Å². The van der Waals surface area contributed by atoms with E-state index in [-0.39, 0.29) is 11.9 Å². The Labute approximate surface area is 126 Å². The van der Waals surface area contributed by atoms with E-state index in [0.717, 1.165) is 32.5 Å². The number of hydrogen-bond acceptors (Lipinski definition) is 3. The molecule has 1 aromatic rings. The molecule has 1 fully saturated rings. The number of amides is 1. The molecule has 4 nitrogen and oxygen atoms in total. The number of likely N-dealkylation sites (tertiary alicyclic amines) is 1. The van der Waals surface area contributed by atoms with Gasteiger partial charge in [-0.2, -0.15) is 0 Å². The third-order valence-electron chi connectivity index (χ3n) is 4.52. The normalized spacial score (nSPS) is 22.2. The Morgan fingerprint density at radius 1 is 1.29 bits per heavy atom. The maximum absolute atomic E-state index is 12.2. The van der Waals surface area contributed by atoms with Crippen molar-refractivity contribution in [2.75, 3.05) is 26.2 Å². The second kappa shape index (κ2) is 6.41. The van der Waals surface area contributed by atoms with Gasteiger partial charge in [0.2, 0.25) is 5.91 Å². The van der Waals surface area contributed by atoms with Gasteiger partial charge < -0.3 is 11.1 Å². The largest absolute Gasteiger partial charge is 0.345 e. The Kier molecular flexibility index (Phi) is 4.36. The molecule has 3 rings (SSSR count). The lowest BCUT2D eigenvalue weighted by Crippen LogP contribution is -2.43. The molecule has 1 aliphatic carbocycles. The first-order chi connectivity index (χ1) is 10.3. The second-order valence-electron chi connectivity index (χ2n) is 5.99. The maximum Gasteiger partial charge on any atom is 0.234 e. The summed E-state index contributed by atoms with van der Waals surface area (Å²) < 4.78 is 0. The molecule has 1 atom stereocenters. The highest BCUT2D eigenvalue weighted by atomic mass is 16.2. The van der Waals surface area contributed by atoms with Crippen LogP contribution in [0.15, 0.2) is 30.3 Å². The van der Waals surface area contributed by atoms with Gasteiger partial charge in [0.1, 0.15) is 0 Å². The van der Waals surface area contributed by atoms with Crippen LogP contribution in [0.5, 0.6) is 0 Å². The molecular weight excluding hydrogens is 262 g/mol. The average molecular weight is 285 g/mol. The highest BCUT2D eigenvalue weighted by Crippen LogP contribution is 2.27. The minimum absolute atomic E-state index is 0.0234. The molecule has 0 aromatic heterocycles. The zero-order chi connectivity index (χ0) is 14.7. The summed E-state index contributed by atoms with van der Waals surface area (Å²) in [7, 11) is 0. The van der Waals surface area contributed by atoms with Crippen LogP contribution in [-0.2, 0) is 4.79 Å². The van der Waals surface area contributed by atoms with Gasteiger partial charge in [0.25, 0.3) is 0 Å². The molecule has 1 amide bonds. The zero-order valence-electron chi connectivity index (χ0n) is 12.3. The Bertz CT molecular complexity index is 533. The first-order valence-electron chi connectivity index (χ1n) is 7.75. The Balaban J connectivity index is 1.51.